The molecule has 4 heteroatoms. The number of carbonyl (C=O) groups excluding carboxylic acids is 1. The van der Waals surface area contributed by atoms with Gasteiger partial charge in [0.2, 0.25) is 0 Å². The van der Waals surface area contributed by atoms with Crippen molar-refractivity contribution in [2.45, 2.75) is 6.18 Å². The molecule has 3 aromatic rings. The number of hydrogen-bond donors (Lipinski definition) is 0. The first-order chi connectivity index (χ1) is 12.0. The fourth-order valence-electron chi connectivity index (χ4n) is 2.66. The Morgan fingerprint density at radius 1 is 0.560 bits per heavy atom. The molecule has 0 aliphatic heterocycles. The van der Waals surface area contributed by atoms with Crippen LogP contribution in [0.1, 0.15) is 27.0 Å². The van der Waals surface area contributed by atoms with Gasteiger partial charge in [-0.3, -0.25) is 4.79 Å². The fraction of sp³-hybridized carbons (Fsp3) is 0.0476. The lowest BCUT2D eigenvalue weighted by molar-refractivity contribution is -0.0885. The van der Waals surface area contributed by atoms with Crippen molar-refractivity contribution < 1.29 is 18.0 Å². The number of Topliss-reactive ketones (excluding diaryl/α,β-unsaturated/α-hetero) is 1. The van der Waals surface area contributed by atoms with Crippen LogP contribution in [0.3, 0.4) is 0 Å². The Bertz CT molecular complexity index is 798. The van der Waals surface area contributed by atoms with E-state index in [1.54, 1.807) is 12.1 Å². The maximum absolute atomic E-state index is 12.6. The lowest BCUT2D eigenvalue weighted by Crippen LogP contribution is -2.22. The zero-order chi connectivity index (χ0) is 17.9. The molecule has 0 amide bonds. The summed E-state index contributed by atoms with van der Waals surface area (Å²) in [6, 6.07) is 24.7. The van der Waals surface area contributed by atoms with E-state index in [1.807, 2.05) is 60.7 Å². The first-order valence-electron chi connectivity index (χ1n) is 7.66. The van der Waals surface area contributed by atoms with Gasteiger partial charge in [0.15, 0.2) is 0 Å². The van der Waals surface area contributed by atoms with Crippen molar-refractivity contribution in [2.24, 2.45) is 0 Å². The molecular formula is C21H14F3O. The molecule has 0 atom stereocenters. The summed E-state index contributed by atoms with van der Waals surface area (Å²) in [4.78, 5) is 11.4. The molecule has 0 aliphatic rings. The molecule has 1 radical (unpaired) electrons. The maximum atomic E-state index is 12.6. The first kappa shape index (κ1) is 17.0. The predicted octanol–water partition coefficient (Wildman–Crippen LogP) is 5.45. The number of halogens is 3. The SMILES string of the molecule is O=C(c1ccc([C](c2ccccc2)c2ccccc2)cc1)C(F)(F)F. The average molecular weight is 339 g/mol. The standard InChI is InChI=1S/C21H14F3O/c22-21(23,24)20(25)18-13-11-17(12-14-18)19(15-7-3-1-4-8-15)16-9-5-2-6-10-16/h1-14H. The van der Waals surface area contributed by atoms with E-state index in [2.05, 4.69) is 0 Å². The van der Waals surface area contributed by atoms with Gasteiger partial charge in [-0.15, -0.1) is 0 Å². The van der Waals surface area contributed by atoms with Crippen LogP contribution in [-0.2, 0) is 0 Å². The smallest absolute Gasteiger partial charge is 0.284 e. The van der Waals surface area contributed by atoms with Gasteiger partial charge >= 0.3 is 6.18 Å². The molecule has 0 heterocycles. The molecule has 0 aromatic heterocycles. The van der Waals surface area contributed by atoms with Crippen LogP contribution in [0.2, 0.25) is 0 Å². The maximum Gasteiger partial charge on any atom is 0.454 e. The number of benzene rings is 3. The zero-order valence-electron chi connectivity index (χ0n) is 13.1. The molecule has 0 saturated carbocycles. The lowest BCUT2D eigenvalue weighted by Gasteiger charge is -2.18. The monoisotopic (exact) mass is 339 g/mol. The Kier molecular flexibility index (Phi) is 4.70. The molecule has 3 rings (SSSR count). The van der Waals surface area contributed by atoms with Crippen LogP contribution in [0.4, 0.5) is 13.2 Å². The second-order valence-corrected chi connectivity index (χ2v) is 5.51. The summed E-state index contributed by atoms with van der Waals surface area (Å²) in [5.41, 5.74) is 2.28. The van der Waals surface area contributed by atoms with Crippen LogP contribution in [0.25, 0.3) is 0 Å². The Morgan fingerprint density at radius 2 is 0.920 bits per heavy atom. The van der Waals surface area contributed by atoms with Gasteiger partial charge in [0.05, 0.1) is 5.92 Å². The normalized spacial score (nSPS) is 11.5. The minimum Gasteiger partial charge on any atom is -0.284 e. The Hall–Kier alpha value is -2.88. The highest BCUT2D eigenvalue weighted by atomic mass is 19.4. The van der Waals surface area contributed by atoms with E-state index in [9.17, 15) is 18.0 Å². The third-order valence-electron chi connectivity index (χ3n) is 3.82. The lowest BCUT2D eigenvalue weighted by atomic mass is 9.85. The predicted molar refractivity (Wildman–Crippen MR) is 90.3 cm³/mol. The minimum atomic E-state index is -4.87. The molecule has 3 aromatic carbocycles. The Morgan fingerprint density at radius 3 is 1.32 bits per heavy atom. The second kappa shape index (κ2) is 6.93. The van der Waals surface area contributed by atoms with Crippen molar-refractivity contribution in [3.8, 4) is 0 Å². The molecule has 0 aliphatic carbocycles. The molecule has 0 saturated heterocycles. The van der Waals surface area contributed by atoms with Crippen molar-refractivity contribution in [3.05, 3.63) is 113 Å². The molecule has 1 nitrogen and oxygen atoms in total. The van der Waals surface area contributed by atoms with Crippen molar-refractivity contribution in [1.29, 1.82) is 0 Å². The summed E-state index contributed by atoms with van der Waals surface area (Å²) >= 11 is 0. The molecule has 0 fully saturated rings. The van der Waals surface area contributed by atoms with Gasteiger partial charge in [-0.05, 0) is 16.7 Å². The van der Waals surface area contributed by atoms with Crippen LogP contribution in [-0.4, -0.2) is 12.0 Å². The van der Waals surface area contributed by atoms with Crippen molar-refractivity contribution in [1.82, 2.24) is 0 Å². The number of rotatable bonds is 4. The van der Waals surface area contributed by atoms with Crippen molar-refractivity contribution >= 4 is 5.78 Å². The molecule has 0 N–H and O–H groups in total. The third-order valence-corrected chi connectivity index (χ3v) is 3.82. The fourth-order valence-corrected chi connectivity index (χ4v) is 2.66. The number of ketones is 1. The quantitative estimate of drug-likeness (QED) is 0.456. The minimum absolute atomic E-state index is 0.364. The molecule has 0 unspecified atom stereocenters. The van der Waals surface area contributed by atoms with Crippen LogP contribution in [0.5, 0.6) is 0 Å². The van der Waals surface area contributed by atoms with Gasteiger partial charge in [0.1, 0.15) is 0 Å². The second-order valence-electron chi connectivity index (χ2n) is 5.51. The van der Waals surface area contributed by atoms with E-state index in [0.717, 1.165) is 22.6 Å². The molecule has 125 valence electrons. The van der Waals surface area contributed by atoms with E-state index < -0.39 is 12.0 Å². The van der Waals surface area contributed by atoms with Gasteiger partial charge in [-0.1, -0.05) is 84.9 Å². The summed E-state index contributed by atoms with van der Waals surface area (Å²) in [5.74, 6) is -0.938. The van der Waals surface area contributed by atoms with Crippen LogP contribution >= 0.6 is 0 Å². The van der Waals surface area contributed by atoms with Crippen LogP contribution < -0.4 is 0 Å². The summed E-state index contributed by atoms with van der Waals surface area (Å²) < 4.78 is 37.7. The highest BCUT2D eigenvalue weighted by molar-refractivity contribution is 6.00. The van der Waals surface area contributed by atoms with Crippen LogP contribution in [0, 0.1) is 5.92 Å². The van der Waals surface area contributed by atoms with Gasteiger partial charge in [-0.25, -0.2) is 0 Å². The summed E-state index contributed by atoms with van der Waals surface area (Å²) in [7, 11) is 0. The zero-order valence-corrected chi connectivity index (χ0v) is 13.1. The number of alkyl halides is 3. The summed E-state index contributed by atoms with van der Waals surface area (Å²) in [5, 5.41) is 0. The average Bonchev–Trinajstić information content (AvgIpc) is 2.63. The van der Waals surface area contributed by atoms with Gasteiger partial charge in [0.25, 0.3) is 5.78 Å². The largest absolute Gasteiger partial charge is 0.454 e. The van der Waals surface area contributed by atoms with Crippen molar-refractivity contribution in [3.63, 3.8) is 0 Å². The van der Waals surface area contributed by atoms with Gasteiger partial charge < -0.3 is 0 Å². The Labute approximate surface area is 143 Å². The molecule has 0 bridgehead atoms. The van der Waals surface area contributed by atoms with Gasteiger partial charge in [0, 0.05) is 5.56 Å². The molecule has 25 heavy (non-hydrogen) atoms. The molecule has 0 spiro atoms. The Balaban J connectivity index is 2.02. The van der Waals surface area contributed by atoms with Crippen LogP contribution in [0.15, 0.2) is 84.9 Å². The topological polar surface area (TPSA) is 17.1 Å². The van der Waals surface area contributed by atoms with E-state index in [-0.39, 0.29) is 5.56 Å². The summed E-state index contributed by atoms with van der Waals surface area (Å²) in [6.07, 6.45) is -4.87. The number of carbonyl (C=O) groups is 1. The highest BCUT2D eigenvalue weighted by Crippen LogP contribution is 2.31. The highest BCUT2D eigenvalue weighted by Gasteiger charge is 2.39. The van der Waals surface area contributed by atoms with E-state index in [4.69, 9.17) is 0 Å². The third kappa shape index (κ3) is 3.79. The van der Waals surface area contributed by atoms with E-state index >= 15 is 0 Å². The number of hydrogen-bond acceptors (Lipinski definition) is 1. The first-order valence-corrected chi connectivity index (χ1v) is 7.66. The van der Waals surface area contributed by atoms with Crippen molar-refractivity contribution in [2.75, 3.05) is 0 Å². The van der Waals surface area contributed by atoms with E-state index in [1.165, 1.54) is 12.1 Å². The molecular weight excluding hydrogens is 325 g/mol. The summed E-state index contributed by atoms with van der Waals surface area (Å²) in [6.45, 7) is 0. The van der Waals surface area contributed by atoms with Gasteiger partial charge in [-0.2, -0.15) is 13.2 Å². The van der Waals surface area contributed by atoms with E-state index in [0.29, 0.717) is 0 Å².